The van der Waals surface area contributed by atoms with E-state index < -0.39 is 21.8 Å². The number of halogens is 1. The van der Waals surface area contributed by atoms with Crippen LogP contribution in [0.5, 0.6) is 0 Å². The molecule has 2 amide bonds. The number of carbonyl (C=O) groups is 2. The van der Waals surface area contributed by atoms with Crippen molar-refractivity contribution in [3.63, 3.8) is 0 Å². The number of hydrogen-bond donors (Lipinski definition) is 4. The molecule has 9 nitrogen and oxygen atoms in total. The quantitative estimate of drug-likeness (QED) is 0.412. The maximum Gasteiger partial charge on any atom is 0.265 e. The number of carbonyl (C=O) groups excluding carboxylic acids is 2. The van der Waals surface area contributed by atoms with Gasteiger partial charge < -0.3 is 16.0 Å². The molecule has 0 fully saturated rings. The number of H-pyrrole nitrogens is 1. The number of nitrogens with one attached hydrogen (secondary N) is 3. The van der Waals surface area contributed by atoms with Gasteiger partial charge >= 0.3 is 0 Å². The summed E-state index contributed by atoms with van der Waals surface area (Å²) in [5.74, 6) is -0.980. The van der Waals surface area contributed by atoms with Crippen molar-refractivity contribution in [2.45, 2.75) is 11.3 Å². The largest absolute Gasteiger partial charge is 0.364 e. The highest BCUT2D eigenvalue weighted by Crippen LogP contribution is 2.25. The topological polar surface area (TPSA) is 147 Å². The van der Waals surface area contributed by atoms with Crippen LogP contribution in [0.2, 0.25) is 5.02 Å². The lowest BCUT2D eigenvalue weighted by molar-refractivity contribution is -0.116. The second-order valence-electron chi connectivity index (χ2n) is 5.86. The van der Waals surface area contributed by atoms with Crippen LogP contribution in [-0.2, 0) is 14.8 Å². The monoisotopic (exact) mass is 453 g/mol. The van der Waals surface area contributed by atoms with Crippen molar-refractivity contribution in [3.05, 3.63) is 52.6 Å². The molecule has 2 heterocycles. The molecule has 0 saturated heterocycles. The van der Waals surface area contributed by atoms with Crippen LogP contribution in [0.15, 0.2) is 46.8 Å². The summed E-state index contributed by atoms with van der Waals surface area (Å²) in [6.45, 7) is -0.0846. The average Bonchev–Trinajstić information content (AvgIpc) is 3.31. The van der Waals surface area contributed by atoms with Gasteiger partial charge in [0.1, 0.15) is 5.69 Å². The molecular weight excluding hydrogens is 438 g/mol. The van der Waals surface area contributed by atoms with E-state index in [9.17, 15) is 18.0 Å². The van der Waals surface area contributed by atoms with Crippen LogP contribution in [0.1, 0.15) is 16.9 Å². The molecule has 0 atom stereocenters. The van der Waals surface area contributed by atoms with Crippen LogP contribution in [0.25, 0.3) is 11.3 Å². The molecule has 0 bridgehead atoms. The van der Waals surface area contributed by atoms with Crippen LogP contribution >= 0.6 is 22.9 Å². The third kappa shape index (κ3) is 5.41. The number of anilines is 1. The molecule has 0 saturated carbocycles. The number of primary amides is 1. The van der Waals surface area contributed by atoms with E-state index in [1.807, 2.05) is 0 Å². The normalized spacial score (nSPS) is 11.3. The van der Waals surface area contributed by atoms with Crippen molar-refractivity contribution in [1.29, 1.82) is 0 Å². The standard InChI is InChI=1S/C17H16ClN5O4S2/c18-11-2-1-3-12(7-11)29(26,27)21-5-4-15(24)23-17-22-14(9-28-17)10-6-13(16(19)25)20-8-10/h1-3,6-9,20-21H,4-5H2,(H2,19,25)(H,22,23,24). The Morgan fingerprint density at radius 1 is 1.28 bits per heavy atom. The number of benzene rings is 1. The smallest absolute Gasteiger partial charge is 0.265 e. The van der Waals surface area contributed by atoms with Crippen molar-refractivity contribution >= 4 is 49.9 Å². The van der Waals surface area contributed by atoms with Crippen LogP contribution in [0, 0.1) is 0 Å². The first kappa shape index (κ1) is 21.0. The summed E-state index contributed by atoms with van der Waals surface area (Å²) in [7, 11) is -3.76. The number of nitrogens with zero attached hydrogens (tertiary/aromatic N) is 1. The molecule has 0 aliphatic carbocycles. The van der Waals surface area contributed by atoms with Gasteiger partial charge in [-0.2, -0.15) is 0 Å². The van der Waals surface area contributed by atoms with E-state index in [1.54, 1.807) is 23.7 Å². The molecule has 0 aliphatic rings. The second kappa shape index (κ2) is 8.74. The fourth-order valence-electron chi connectivity index (χ4n) is 2.35. The first-order valence-electron chi connectivity index (χ1n) is 8.24. The summed E-state index contributed by atoms with van der Waals surface area (Å²) in [5, 5.41) is 4.97. The summed E-state index contributed by atoms with van der Waals surface area (Å²) in [6.07, 6.45) is 1.51. The fraction of sp³-hybridized carbons (Fsp3) is 0.118. The molecule has 152 valence electrons. The number of thiazole rings is 1. The Labute approximate surface area is 175 Å². The Bertz CT molecular complexity index is 1160. The molecule has 1 aromatic carbocycles. The van der Waals surface area contributed by atoms with Crippen LogP contribution in [0.4, 0.5) is 5.13 Å². The molecule has 2 aromatic heterocycles. The molecule has 0 spiro atoms. The predicted molar refractivity (Wildman–Crippen MR) is 110 cm³/mol. The van der Waals surface area contributed by atoms with Gasteiger partial charge in [-0.05, 0) is 24.3 Å². The van der Waals surface area contributed by atoms with E-state index in [1.165, 1.54) is 29.5 Å². The lowest BCUT2D eigenvalue weighted by atomic mass is 10.2. The highest BCUT2D eigenvalue weighted by atomic mass is 35.5. The number of hydrogen-bond acceptors (Lipinski definition) is 6. The second-order valence-corrected chi connectivity index (χ2v) is 8.92. The SMILES string of the molecule is NC(=O)c1cc(-c2csc(NC(=O)CCNS(=O)(=O)c3cccc(Cl)c3)n2)c[nH]1. The predicted octanol–water partition coefficient (Wildman–Crippen LogP) is 2.20. The first-order chi connectivity index (χ1) is 13.7. The first-order valence-corrected chi connectivity index (χ1v) is 11.0. The van der Waals surface area contributed by atoms with Gasteiger partial charge in [-0.15, -0.1) is 11.3 Å². The Morgan fingerprint density at radius 2 is 2.07 bits per heavy atom. The van der Waals surface area contributed by atoms with Crippen molar-refractivity contribution in [3.8, 4) is 11.3 Å². The van der Waals surface area contributed by atoms with Crippen molar-refractivity contribution in [2.75, 3.05) is 11.9 Å². The number of aromatic nitrogens is 2. The van der Waals surface area contributed by atoms with E-state index in [-0.39, 0.29) is 23.6 Å². The van der Waals surface area contributed by atoms with Crippen LogP contribution in [-0.4, -0.2) is 36.7 Å². The highest BCUT2D eigenvalue weighted by molar-refractivity contribution is 7.89. The van der Waals surface area contributed by atoms with E-state index in [4.69, 9.17) is 17.3 Å². The van der Waals surface area contributed by atoms with Gasteiger partial charge in [0, 0.05) is 35.1 Å². The van der Waals surface area contributed by atoms with Gasteiger partial charge in [-0.1, -0.05) is 17.7 Å². The van der Waals surface area contributed by atoms with Gasteiger partial charge in [0.2, 0.25) is 15.9 Å². The maximum atomic E-state index is 12.2. The van der Waals surface area contributed by atoms with Gasteiger partial charge in [0.15, 0.2) is 5.13 Å². The van der Waals surface area contributed by atoms with Crippen LogP contribution < -0.4 is 15.8 Å². The molecule has 0 radical (unpaired) electrons. The highest BCUT2D eigenvalue weighted by Gasteiger charge is 2.15. The minimum absolute atomic E-state index is 0.0248. The molecule has 29 heavy (non-hydrogen) atoms. The van der Waals surface area contributed by atoms with Gasteiger partial charge in [-0.25, -0.2) is 18.1 Å². The van der Waals surface area contributed by atoms with E-state index in [0.717, 1.165) is 0 Å². The van der Waals surface area contributed by atoms with Crippen molar-refractivity contribution in [1.82, 2.24) is 14.7 Å². The lowest BCUT2D eigenvalue weighted by Crippen LogP contribution is -2.27. The zero-order valence-electron chi connectivity index (χ0n) is 14.8. The third-order valence-electron chi connectivity index (χ3n) is 3.75. The lowest BCUT2D eigenvalue weighted by Gasteiger charge is -2.07. The zero-order valence-corrected chi connectivity index (χ0v) is 17.2. The number of nitrogens with two attached hydrogens (primary N) is 1. The van der Waals surface area contributed by atoms with Gasteiger partial charge in [0.25, 0.3) is 5.91 Å². The molecule has 0 aliphatic heterocycles. The molecule has 12 heteroatoms. The van der Waals surface area contributed by atoms with Gasteiger partial charge in [-0.3, -0.25) is 9.59 Å². The average molecular weight is 454 g/mol. The Balaban J connectivity index is 1.53. The number of rotatable bonds is 8. The minimum atomic E-state index is -3.76. The molecule has 0 unspecified atom stereocenters. The molecular formula is C17H16ClN5O4S2. The number of sulfonamides is 1. The summed E-state index contributed by atoms with van der Waals surface area (Å²) in [6, 6.07) is 7.40. The fourth-order valence-corrected chi connectivity index (χ4v) is 4.41. The number of amides is 2. The van der Waals surface area contributed by atoms with Crippen molar-refractivity contribution < 1.29 is 18.0 Å². The molecule has 3 aromatic rings. The van der Waals surface area contributed by atoms with Crippen LogP contribution in [0.3, 0.4) is 0 Å². The van der Waals surface area contributed by atoms with E-state index >= 15 is 0 Å². The Morgan fingerprint density at radius 3 is 2.76 bits per heavy atom. The summed E-state index contributed by atoms with van der Waals surface area (Å²) < 4.78 is 26.7. The number of aromatic amines is 1. The Kier molecular flexibility index (Phi) is 6.33. The molecule has 3 rings (SSSR count). The van der Waals surface area contributed by atoms with E-state index in [0.29, 0.717) is 21.4 Å². The Hall–Kier alpha value is -2.73. The minimum Gasteiger partial charge on any atom is -0.364 e. The summed E-state index contributed by atoms with van der Waals surface area (Å²) >= 11 is 7.00. The zero-order chi connectivity index (χ0) is 21.0. The van der Waals surface area contributed by atoms with Gasteiger partial charge in [0.05, 0.1) is 10.6 Å². The summed E-state index contributed by atoms with van der Waals surface area (Å²) in [4.78, 5) is 30.2. The molecule has 5 N–H and O–H groups in total. The van der Waals surface area contributed by atoms with Crippen molar-refractivity contribution in [2.24, 2.45) is 5.73 Å². The third-order valence-corrected chi connectivity index (χ3v) is 6.20. The van der Waals surface area contributed by atoms with E-state index in [2.05, 4.69) is 20.0 Å². The summed E-state index contributed by atoms with van der Waals surface area (Å²) in [5.41, 5.74) is 6.68. The maximum absolute atomic E-state index is 12.2.